The van der Waals surface area contributed by atoms with E-state index in [4.69, 9.17) is 9.84 Å². The van der Waals surface area contributed by atoms with E-state index in [0.717, 1.165) is 17.7 Å². The third-order valence-electron chi connectivity index (χ3n) is 3.47. The van der Waals surface area contributed by atoms with Crippen molar-refractivity contribution in [3.05, 3.63) is 42.5 Å². The standard InChI is InChI=1S/C16H21NO2/c1-13(12-18)17(2)10-11-19-16-9-5-7-14-6-3-4-8-15(14)16/h3-9,13,18H,10-12H2,1-2H3. The highest BCUT2D eigenvalue weighted by molar-refractivity contribution is 5.88. The van der Waals surface area contributed by atoms with E-state index in [2.05, 4.69) is 23.1 Å². The summed E-state index contributed by atoms with van der Waals surface area (Å²) in [5, 5.41) is 11.4. The number of aliphatic hydroxyl groups excluding tert-OH is 1. The summed E-state index contributed by atoms with van der Waals surface area (Å²) in [6.07, 6.45) is 0. The predicted octanol–water partition coefficient (Wildman–Crippen LogP) is 2.53. The average Bonchev–Trinajstić information content (AvgIpc) is 2.46. The molecule has 3 nitrogen and oxygen atoms in total. The van der Waals surface area contributed by atoms with Gasteiger partial charge in [-0.25, -0.2) is 0 Å². The van der Waals surface area contributed by atoms with Crippen molar-refractivity contribution in [3.8, 4) is 5.75 Å². The molecule has 1 unspecified atom stereocenters. The van der Waals surface area contributed by atoms with Crippen LogP contribution in [0.5, 0.6) is 5.75 Å². The van der Waals surface area contributed by atoms with E-state index in [1.54, 1.807) is 0 Å². The molecule has 0 amide bonds. The van der Waals surface area contributed by atoms with Crippen molar-refractivity contribution in [2.75, 3.05) is 26.8 Å². The summed E-state index contributed by atoms with van der Waals surface area (Å²) in [6.45, 7) is 3.59. The second-order valence-corrected chi connectivity index (χ2v) is 4.84. The summed E-state index contributed by atoms with van der Waals surface area (Å²) in [4.78, 5) is 2.09. The summed E-state index contributed by atoms with van der Waals surface area (Å²) in [5.74, 6) is 0.920. The van der Waals surface area contributed by atoms with Crippen LogP contribution in [0.3, 0.4) is 0 Å². The Morgan fingerprint density at radius 1 is 1.16 bits per heavy atom. The van der Waals surface area contributed by atoms with Gasteiger partial charge in [-0.2, -0.15) is 0 Å². The normalized spacial score (nSPS) is 12.8. The second kappa shape index (κ2) is 6.55. The second-order valence-electron chi connectivity index (χ2n) is 4.84. The van der Waals surface area contributed by atoms with E-state index in [0.29, 0.717) is 6.61 Å². The van der Waals surface area contributed by atoms with E-state index < -0.39 is 0 Å². The number of likely N-dealkylation sites (N-methyl/N-ethyl adjacent to an activating group) is 1. The molecule has 2 rings (SSSR count). The van der Waals surface area contributed by atoms with Gasteiger partial charge in [-0.1, -0.05) is 36.4 Å². The Hall–Kier alpha value is -1.58. The van der Waals surface area contributed by atoms with E-state index in [1.807, 2.05) is 38.2 Å². The summed E-state index contributed by atoms with van der Waals surface area (Å²) >= 11 is 0. The molecule has 1 N–H and O–H groups in total. The third kappa shape index (κ3) is 3.46. The van der Waals surface area contributed by atoms with Gasteiger partial charge < -0.3 is 9.84 Å². The van der Waals surface area contributed by atoms with Crippen molar-refractivity contribution in [2.24, 2.45) is 0 Å². The van der Waals surface area contributed by atoms with Crippen molar-refractivity contribution >= 4 is 10.8 Å². The predicted molar refractivity (Wildman–Crippen MR) is 78.6 cm³/mol. The molecule has 0 spiro atoms. The SMILES string of the molecule is CC(CO)N(C)CCOc1cccc2ccccc12. The van der Waals surface area contributed by atoms with Crippen LogP contribution in [0.4, 0.5) is 0 Å². The van der Waals surface area contributed by atoms with Gasteiger partial charge in [0.15, 0.2) is 0 Å². The van der Waals surface area contributed by atoms with Crippen LogP contribution in [0.2, 0.25) is 0 Å². The Morgan fingerprint density at radius 2 is 1.89 bits per heavy atom. The van der Waals surface area contributed by atoms with Gasteiger partial charge in [0.25, 0.3) is 0 Å². The van der Waals surface area contributed by atoms with Crippen LogP contribution in [0.15, 0.2) is 42.5 Å². The lowest BCUT2D eigenvalue weighted by Gasteiger charge is -2.22. The summed E-state index contributed by atoms with van der Waals surface area (Å²) in [5.41, 5.74) is 0. The van der Waals surface area contributed by atoms with Gasteiger partial charge in [-0.15, -0.1) is 0 Å². The molecule has 0 heterocycles. The molecule has 1 atom stereocenters. The Balaban J connectivity index is 1.99. The highest BCUT2D eigenvalue weighted by atomic mass is 16.5. The maximum absolute atomic E-state index is 9.08. The quantitative estimate of drug-likeness (QED) is 0.865. The minimum absolute atomic E-state index is 0.163. The van der Waals surface area contributed by atoms with E-state index in [-0.39, 0.29) is 12.6 Å². The van der Waals surface area contributed by atoms with Crippen molar-refractivity contribution in [1.82, 2.24) is 4.90 Å². The molecule has 0 radical (unpaired) electrons. The fraction of sp³-hybridized carbons (Fsp3) is 0.375. The number of hydrogen-bond acceptors (Lipinski definition) is 3. The largest absolute Gasteiger partial charge is 0.492 e. The number of rotatable bonds is 6. The highest BCUT2D eigenvalue weighted by Gasteiger charge is 2.07. The van der Waals surface area contributed by atoms with Crippen LogP contribution in [-0.2, 0) is 0 Å². The molecule has 0 aliphatic carbocycles. The van der Waals surface area contributed by atoms with Crippen molar-refractivity contribution in [3.63, 3.8) is 0 Å². The molecule has 0 saturated heterocycles. The minimum atomic E-state index is 0.163. The lowest BCUT2D eigenvalue weighted by molar-refractivity contribution is 0.140. The summed E-state index contributed by atoms with van der Waals surface area (Å²) in [6, 6.07) is 14.5. The van der Waals surface area contributed by atoms with E-state index in [1.165, 1.54) is 5.39 Å². The smallest absolute Gasteiger partial charge is 0.127 e. The van der Waals surface area contributed by atoms with Gasteiger partial charge in [0, 0.05) is 18.0 Å². The molecule has 2 aromatic carbocycles. The van der Waals surface area contributed by atoms with Crippen LogP contribution in [-0.4, -0.2) is 42.9 Å². The van der Waals surface area contributed by atoms with Gasteiger partial charge in [0.1, 0.15) is 12.4 Å². The van der Waals surface area contributed by atoms with Gasteiger partial charge in [0.2, 0.25) is 0 Å². The number of fused-ring (bicyclic) bond motifs is 1. The third-order valence-corrected chi connectivity index (χ3v) is 3.47. The summed E-state index contributed by atoms with van der Waals surface area (Å²) in [7, 11) is 1.99. The first kappa shape index (κ1) is 13.8. The van der Waals surface area contributed by atoms with Gasteiger partial charge in [-0.3, -0.25) is 4.90 Å². The van der Waals surface area contributed by atoms with Crippen LogP contribution >= 0.6 is 0 Å². The number of hydrogen-bond donors (Lipinski definition) is 1. The molecule has 0 bridgehead atoms. The maximum atomic E-state index is 9.08. The first-order valence-electron chi connectivity index (χ1n) is 6.64. The van der Waals surface area contributed by atoms with Crippen LogP contribution < -0.4 is 4.74 Å². The highest BCUT2D eigenvalue weighted by Crippen LogP contribution is 2.24. The molecule has 3 heteroatoms. The zero-order valence-electron chi connectivity index (χ0n) is 11.5. The first-order valence-corrected chi connectivity index (χ1v) is 6.64. The van der Waals surface area contributed by atoms with Gasteiger partial charge in [-0.05, 0) is 25.4 Å². The Morgan fingerprint density at radius 3 is 2.68 bits per heavy atom. The first-order chi connectivity index (χ1) is 9.22. The monoisotopic (exact) mass is 259 g/mol. The number of benzene rings is 2. The van der Waals surface area contributed by atoms with Crippen LogP contribution in [0.25, 0.3) is 10.8 Å². The van der Waals surface area contributed by atoms with Gasteiger partial charge in [0.05, 0.1) is 6.61 Å². The topological polar surface area (TPSA) is 32.7 Å². The molecule has 0 aliphatic heterocycles. The van der Waals surface area contributed by atoms with Crippen molar-refractivity contribution in [1.29, 1.82) is 0 Å². The fourth-order valence-electron chi connectivity index (χ4n) is 1.98. The molecule has 0 aromatic heterocycles. The van der Waals surface area contributed by atoms with Crippen molar-refractivity contribution in [2.45, 2.75) is 13.0 Å². The minimum Gasteiger partial charge on any atom is -0.492 e. The number of nitrogens with zero attached hydrogens (tertiary/aromatic N) is 1. The molecule has 2 aromatic rings. The molecular formula is C16H21NO2. The zero-order valence-corrected chi connectivity index (χ0v) is 11.5. The molecule has 102 valence electrons. The molecule has 0 fully saturated rings. The molecule has 19 heavy (non-hydrogen) atoms. The lowest BCUT2D eigenvalue weighted by atomic mass is 10.1. The van der Waals surface area contributed by atoms with Gasteiger partial charge >= 0.3 is 0 Å². The molecule has 0 saturated carbocycles. The lowest BCUT2D eigenvalue weighted by Crippen LogP contribution is -2.35. The average molecular weight is 259 g/mol. The van der Waals surface area contributed by atoms with E-state index in [9.17, 15) is 0 Å². The van der Waals surface area contributed by atoms with Crippen LogP contribution in [0, 0.1) is 0 Å². The zero-order chi connectivity index (χ0) is 13.7. The molecule has 0 aliphatic rings. The Kier molecular flexibility index (Phi) is 4.77. The van der Waals surface area contributed by atoms with Crippen LogP contribution in [0.1, 0.15) is 6.92 Å². The fourth-order valence-corrected chi connectivity index (χ4v) is 1.98. The molecular weight excluding hydrogens is 238 g/mol. The number of aliphatic hydroxyl groups is 1. The Bertz CT molecular complexity index is 522. The van der Waals surface area contributed by atoms with E-state index >= 15 is 0 Å². The number of ether oxygens (including phenoxy) is 1. The maximum Gasteiger partial charge on any atom is 0.127 e. The summed E-state index contributed by atoms with van der Waals surface area (Å²) < 4.78 is 5.86. The van der Waals surface area contributed by atoms with Crippen molar-refractivity contribution < 1.29 is 9.84 Å². The Labute approximate surface area is 114 Å².